The minimum Gasteiger partial charge on any atom is -0.508 e. The van der Waals surface area contributed by atoms with E-state index in [0.29, 0.717) is 16.7 Å². The second-order valence-electron chi connectivity index (χ2n) is 10.9. The average Bonchev–Trinajstić information content (AvgIpc) is 3.13. The summed E-state index contributed by atoms with van der Waals surface area (Å²) in [4.78, 5) is 27.4. The highest BCUT2D eigenvalue weighted by Crippen LogP contribution is 2.45. The molecule has 0 aliphatic rings. The van der Waals surface area contributed by atoms with Crippen LogP contribution in [0.25, 0.3) is 44.2 Å². The maximum Gasteiger partial charge on any atom is 0.204 e. The van der Waals surface area contributed by atoms with Crippen LogP contribution in [0.3, 0.4) is 0 Å². The molecule has 0 aliphatic heterocycles. The van der Waals surface area contributed by atoms with Gasteiger partial charge >= 0.3 is 0 Å². The molecule has 6 rings (SSSR count). The molecule has 0 aliphatic carbocycles. The van der Waals surface area contributed by atoms with Gasteiger partial charge in [-0.15, -0.1) is 48.8 Å². The van der Waals surface area contributed by atoms with Crippen molar-refractivity contribution in [3.63, 3.8) is 0 Å². The van der Waals surface area contributed by atoms with Gasteiger partial charge in [0.05, 0.1) is 30.9 Å². The first-order valence-corrected chi connectivity index (χ1v) is 15.7. The van der Waals surface area contributed by atoms with Crippen LogP contribution >= 0.6 is 48.8 Å². The van der Waals surface area contributed by atoms with E-state index in [0.717, 1.165) is 7.11 Å². The number of ether oxygens (including phenoxy) is 2. The maximum atomic E-state index is 13.0. The molecule has 6 aromatic rings. The van der Waals surface area contributed by atoms with E-state index in [4.69, 9.17) is 23.4 Å². The zero-order valence-corrected chi connectivity index (χ0v) is 35.5. The normalized spacial score (nSPS) is 9.49. The largest absolute Gasteiger partial charge is 0.508 e. The van der Waals surface area contributed by atoms with Crippen LogP contribution in [0.2, 0.25) is 0 Å². The highest BCUT2D eigenvalue weighted by atomic mass is 127. The van der Waals surface area contributed by atoms with Gasteiger partial charge in [0, 0.05) is 19.7 Å². The molecule has 0 bridgehead atoms. The van der Waals surface area contributed by atoms with Crippen molar-refractivity contribution in [1.29, 1.82) is 0 Å². The number of nitrogens with zero attached hydrogens (tertiary/aromatic N) is 1. The Hall–Kier alpha value is -5.11. The van der Waals surface area contributed by atoms with E-state index >= 15 is 0 Å². The zero-order chi connectivity index (χ0) is 38.9. The molecule has 316 valence electrons. The molecule has 4 aromatic carbocycles. The summed E-state index contributed by atoms with van der Waals surface area (Å²) in [6.45, 7) is 4.28. The molecule has 0 saturated heterocycles. The van der Waals surface area contributed by atoms with Crippen molar-refractivity contribution in [2.45, 2.75) is 27.8 Å². The van der Waals surface area contributed by atoms with Crippen LogP contribution in [-0.4, -0.2) is 76.1 Å². The van der Waals surface area contributed by atoms with Gasteiger partial charge in [0.15, 0.2) is 23.0 Å². The van der Waals surface area contributed by atoms with Gasteiger partial charge in [-0.2, -0.15) is 0 Å². The fourth-order valence-electron chi connectivity index (χ4n) is 5.15. The van der Waals surface area contributed by atoms with E-state index in [1.54, 1.807) is 43.3 Å². The first-order chi connectivity index (χ1) is 24.9. The predicted molar refractivity (Wildman–Crippen MR) is 237 cm³/mol. The number of halogens is 3. The van der Waals surface area contributed by atoms with Gasteiger partial charge in [0.25, 0.3) is 0 Å². The number of aliphatic hydroxyl groups excluding tert-OH is 1. The molecule has 0 unspecified atom stereocenters. The quantitative estimate of drug-likeness (QED) is 0.0733. The van der Waals surface area contributed by atoms with Gasteiger partial charge < -0.3 is 65.1 Å². The van der Waals surface area contributed by atoms with Crippen molar-refractivity contribution in [2.75, 3.05) is 35.4 Å². The van der Waals surface area contributed by atoms with Gasteiger partial charge in [0.2, 0.25) is 22.4 Å². The van der Waals surface area contributed by atoms with Crippen LogP contribution < -0.4 is 26.5 Å². The summed E-state index contributed by atoms with van der Waals surface area (Å²) < 4.78 is 20.9. The number of aromatic hydroxyl groups is 6. The molecule has 0 atom stereocenters. The Labute approximate surface area is 358 Å². The third kappa shape index (κ3) is 12.0. The summed E-state index contributed by atoms with van der Waals surface area (Å²) in [6, 6.07) is 13.2. The van der Waals surface area contributed by atoms with E-state index in [1.807, 2.05) is 13.8 Å². The fourth-order valence-corrected chi connectivity index (χ4v) is 5.15. The van der Waals surface area contributed by atoms with E-state index < -0.39 is 22.4 Å². The number of hydrogen-bond acceptors (Lipinski definition) is 15. The van der Waals surface area contributed by atoms with Crippen molar-refractivity contribution in [1.82, 2.24) is 11.1 Å². The number of phenols is 6. The standard InChI is InChI=1S/C19H19NO6.C16H12O6.C2H6.CH4O.CH4.2ClH.HI.H3N/c1-20(2)8-12-16(23)19(25-3)17(24)14-15(22)13(9-26-18(12)14)10-4-6-11(21)7-5-10;1-21-16-11(18)6-12-13(15(16)20)14(19)10(7-22-12)8-2-4-9(17)5-3-8;2*1-2;;;;;/h4-7,9,21,23-24H,8H2,1-3H3;2-7,17-18,20H,1H3;1-2H3;2H,1H3;1H4;3*1H;1H3. The topological polar surface area (TPSA) is 259 Å². The lowest BCUT2D eigenvalue weighted by Crippen LogP contribution is -2.13. The molecule has 0 amide bonds. The highest BCUT2D eigenvalue weighted by molar-refractivity contribution is 14.0. The molecule has 0 spiro atoms. The van der Waals surface area contributed by atoms with E-state index in [1.165, 1.54) is 57.1 Å². The molecule has 2 heterocycles. The fraction of sp³-hybridized carbons (Fsp3) is 0.231. The summed E-state index contributed by atoms with van der Waals surface area (Å²) in [5.74, 6) is -1.78. The summed E-state index contributed by atoms with van der Waals surface area (Å²) in [5, 5.41) is 66.3. The lowest BCUT2D eigenvalue weighted by atomic mass is 10.0. The Morgan fingerprint density at radius 2 is 1.05 bits per heavy atom. The van der Waals surface area contributed by atoms with Gasteiger partial charge in [-0.1, -0.05) is 45.5 Å². The molecule has 15 nitrogen and oxygen atoms in total. The van der Waals surface area contributed by atoms with Crippen molar-refractivity contribution < 1.29 is 54.1 Å². The smallest absolute Gasteiger partial charge is 0.204 e. The molecule has 10 N–H and O–H groups in total. The van der Waals surface area contributed by atoms with Crippen LogP contribution in [0, 0.1) is 0 Å². The van der Waals surface area contributed by atoms with Crippen LogP contribution in [0.5, 0.6) is 46.0 Å². The Morgan fingerprint density at radius 1 is 0.649 bits per heavy atom. The third-order valence-corrected chi connectivity index (χ3v) is 7.43. The second kappa shape index (κ2) is 25.2. The van der Waals surface area contributed by atoms with E-state index in [9.17, 15) is 40.2 Å². The second-order valence-corrected chi connectivity index (χ2v) is 10.9. The summed E-state index contributed by atoms with van der Waals surface area (Å²) in [7, 11) is 7.17. The number of fused-ring (bicyclic) bond motifs is 2. The Balaban J connectivity index is -0.000000878. The lowest BCUT2D eigenvalue weighted by molar-refractivity contribution is 0.335. The number of rotatable bonds is 6. The highest BCUT2D eigenvalue weighted by Gasteiger charge is 2.25. The summed E-state index contributed by atoms with van der Waals surface area (Å²) in [5.41, 5.74) is 1.04. The molecule has 57 heavy (non-hydrogen) atoms. The molecule has 0 radical (unpaired) electrons. The first kappa shape index (κ1) is 56.2. The van der Waals surface area contributed by atoms with Crippen molar-refractivity contribution in [2.24, 2.45) is 0 Å². The van der Waals surface area contributed by atoms with Gasteiger partial charge in [-0.3, -0.25) is 9.59 Å². The van der Waals surface area contributed by atoms with Gasteiger partial charge in [-0.25, -0.2) is 0 Å². The van der Waals surface area contributed by atoms with E-state index in [2.05, 4.69) is 0 Å². The number of aliphatic hydroxyl groups is 1. The Bertz CT molecular complexity index is 2280. The third-order valence-electron chi connectivity index (χ3n) is 7.43. The van der Waals surface area contributed by atoms with E-state index in [-0.39, 0.29) is 136 Å². The average molecular weight is 954 g/mol. The van der Waals surface area contributed by atoms with Gasteiger partial charge in [-0.05, 0) is 49.5 Å². The minimum atomic E-state index is -0.480. The van der Waals surface area contributed by atoms with Gasteiger partial charge in [0.1, 0.15) is 46.0 Å². The van der Waals surface area contributed by atoms with Crippen LogP contribution in [0.15, 0.2) is 85.5 Å². The Morgan fingerprint density at radius 3 is 1.47 bits per heavy atom. The molecular weight excluding hydrogens is 902 g/mol. The number of methoxy groups -OCH3 is 2. The molecular formula is C39H51Cl2IN2O13. The predicted octanol–water partition coefficient (Wildman–Crippen LogP) is 8.13. The number of benzene rings is 4. The van der Waals surface area contributed by atoms with Crippen molar-refractivity contribution >= 4 is 70.7 Å². The molecule has 2 aromatic heterocycles. The van der Waals surface area contributed by atoms with Crippen LogP contribution in [0.1, 0.15) is 26.8 Å². The minimum absolute atomic E-state index is 0. The lowest BCUT2D eigenvalue weighted by Gasteiger charge is -2.17. The zero-order valence-electron chi connectivity index (χ0n) is 31.5. The molecule has 18 heteroatoms. The van der Waals surface area contributed by atoms with Crippen LogP contribution in [0.4, 0.5) is 0 Å². The summed E-state index contributed by atoms with van der Waals surface area (Å²) in [6.07, 6.45) is 2.52. The summed E-state index contributed by atoms with van der Waals surface area (Å²) >= 11 is 0. The maximum absolute atomic E-state index is 13.0. The molecule has 0 fully saturated rings. The Kier molecular flexibility index (Phi) is 24.9. The molecule has 0 saturated carbocycles. The monoisotopic (exact) mass is 952 g/mol. The SMILES string of the molecule is C.CC.CO.COc1c(O)c(CN(C)C)c2occ(-c3ccc(O)cc3)c(=O)c2c1O.COc1c(O)cc2occ(-c3ccc(O)cc3)c(=O)c2c1O.Cl.Cl.I.N. The number of hydrogen-bond donors (Lipinski definition) is 8. The van der Waals surface area contributed by atoms with Crippen LogP contribution in [-0.2, 0) is 6.54 Å². The van der Waals surface area contributed by atoms with Crippen molar-refractivity contribution in [3.8, 4) is 68.2 Å². The van der Waals surface area contributed by atoms with Crippen molar-refractivity contribution in [3.05, 3.63) is 93.1 Å². The first-order valence-electron chi connectivity index (χ1n) is 15.7. The number of phenolic OH excluding ortho intramolecular Hbond substituents is 6.